The highest BCUT2D eigenvalue weighted by molar-refractivity contribution is 6.30. The predicted molar refractivity (Wildman–Crippen MR) is 92.7 cm³/mol. The van der Waals surface area contributed by atoms with E-state index in [4.69, 9.17) is 16.3 Å². The number of aliphatic hydroxyl groups excluding tert-OH is 1. The standard InChI is InChI=1S/C17H27ClN2O3/c1-11(9-12(2)21)10-19-17(22)20-13(3)16(23-4)14-5-7-15(18)8-6-14/h5-8,11-13,16,21H,9-10H2,1-4H3,(H2,19,20,22). The quantitative estimate of drug-likeness (QED) is 0.679. The molecule has 6 heteroatoms. The molecule has 0 aliphatic carbocycles. The zero-order valence-electron chi connectivity index (χ0n) is 14.2. The van der Waals surface area contributed by atoms with E-state index in [0.29, 0.717) is 18.0 Å². The molecule has 1 rings (SSSR count). The molecule has 0 aliphatic heterocycles. The monoisotopic (exact) mass is 342 g/mol. The van der Waals surface area contributed by atoms with E-state index < -0.39 is 0 Å². The molecule has 4 unspecified atom stereocenters. The summed E-state index contributed by atoms with van der Waals surface area (Å²) < 4.78 is 5.50. The molecule has 0 bridgehead atoms. The van der Waals surface area contributed by atoms with Gasteiger partial charge in [-0.15, -0.1) is 0 Å². The van der Waals surface area contributed by atoms with Gasteiger partial charge in [0.2, 0.25) is 0 Å². The van der Waals surface area contributed by atoms with Gasteiger partial charge >= 0.3 is 6.03 Å². The van der Waals surface area contributed by atoms with Gasteiger partial charge in [0, 0.05) is 18.7 Å². The van der Waals surface area contributed by atoms with E-state index in [2.05, 4.69) is 10.6 Å². The fraction of sp³-hybridized carbons (Fsp3) is 0.588. The Morgan fingerprint density at radius 1 is 1.26 bits per heavy atom. The lowest BCUT2D eigenvalue weighted by Gasteiger charge is -2.25. The van der Waals surface area contributed by atoms with E-state index in [1.54, 1.807) is 26.2 Å². The molecule has 1 aromatic rings. The summed E-state index contributed by atoms with van der Waals surface area (Å²) in [6.45, 7) is 6.14. The number of ether oxygens (including phenoxy) is 1. The summed E-state index contributed by atoms with van der Waals surface area (Å²) in [7, 11) is 1.61. The van der Waals surface area contributed by atoms with E-state index in [1.165, 1.54) is 0 Å². The van der Waals surface area contributed by atoms with Gasteiger partial charge in [0.1, 0.15) is 6.10 Å². The van der Waals surface area contributed by atoms with Crippen LogP contribution in [0.15, 0.2) is 24.3 Å². The van der Waals surface area contributed by atoms with Crippen molar-refractivity contribution in [1.82, 2.24) is 10.6 Å². The highest BCUT2D eigenvalue weighted by atomic mass is 35.5. The first-order valence-electron chi connectivity index (χ1n) is 7.84. The van der Waals surface area contributed by atoms with Gasteiger partial charge in [0.25, 0.3) is 0 Å². The Hall–Kier alpha value is -1.30. The smallest absolute Gasteiger partial charge is 0.315 e. The van der Waals surface area contributed by atoms with Crippen LogP contribution in [0.25, 0.3) is 0 Å². The van der Waals surface area contributed by atoms with Gasteiger partial charge in [-0.3, -0.25) is 0 Å². The number of rotatable bonds is 8. The second kappa shape index (κ2) is 9.75. The number of aliphatic hydroxyl groups is 1. The maximum atomic E-state index is 12.0. The topological polar surface area (TPSA) is 70.6 Å². The van der Waals surface area contributed by atoms with Gasteiger partial charge in [-0.2, -0.15) is 0 Å². The van der Waals surface area contributed by atoms with Crippen molar-refractivity contribution in [1.29, 1.82) is 0 Å². The second-order valence-electron chi connectivity index (χ2n) is 6.04. The van der Waals surface area contributed by atoms with Crippen molar-refractivity contribution >= 4 is 17.6 Å². The van der Waals surface area contributed by atoms with E-state index >= 15 is 0 Å². The van der Waals surface area contributed by atoms with Gasteiger partial charge in [0.15, 0.2) is 0 Å². The summed E-state index contributed by atoms with van der Waals surface area (Å²) in [5.41, 5.74) is 0.951. The van der Waals surface area contributed by atoms with Crippen molar-refractivity contribution in [3.63, 3.8) is 0 Å². The van der Waals surface area contributed by atoms with Gasteiger partial charge < -0.3 is 20.5 Å². The van der Waals surface area contributed by atoms with Gasteiger partial charge in [-0.25, -0.2) is 4.79 Å². The molecule has 0 saturated heterocycles. The minimum atomic E-state index is -0.364. The van der Waals surface area contributed by atoms with Crippen molar-refractivity contribution < 1.29 is 14.6 Å². The molecule has 0 fully saturated rings. The highest BCUT2D eigenvalue weighted by Crippen LogP contribution is 2.22. The fourth-order valence-electron chi connectivity index (χ4n) is 2.55. The van der Waals surface area contributed by atoms with E-state index in [-0.39, 0.29) is 30.2 Å². The first-order chi connectivity index (χ1) is 10.8. The lowest BCUT2D eigenvalue weighted by atomic mass is 10.0. The van der Waals surface area contributed by atoms with E-state index in [9.17, 15) is 9.90 Å². The zero-order chi connectivity index (χ0) is 17.4. The summed E-state index contributed by atoms with van der Waals surface area (Å²) in [4.78, 5) is 12.0. The molecule has 0 aliphatic rings. The molecule has 130 valence electrons. The Morgan fingerprint density at radius 3 is 2.39 bits per heavy atom. The number of urea groups is 1. The third kappa shape index (κ3) is 7.20. The SMILES string of the molecule is COC(c1ccc(Cl)cc1)C(C)NC(=O)NCC(C)CC(C)O. The van der Waals surface area contributed by atoms with Crippen molar-refractivity contribution in [2.24, 2.45) is 5.92 Å². The summed E-state index contributed by atoms with van der Waals surface area (Å²) in [5, 5.41) is 15.7. The predicted octanol–water partition coefficient (Wildman–Crippen LogP) is 3.12. The fourth-order valence-corrected chi connectivity index (χ4v) is 2.67. The van der Waals surface area contributed by atoms with E-state index in [1.807, 2.05) is 26.0 Å². The molecule has 2 amide bonds. The minimum Gasteiger partial charge on any atom is -0.393 e. The van der Waals surface area contributed by atoms with Crippen LogP contribution in [0.3, 0.4) is 0 Å². The van der Waals surface area contributed by atoms with Crippen LogP contribution < -0.4 is 10.6 Å². The first kappa shape index (κ1) is 19.7. The Kier molecular flexibility index (Phi) is 8.37. The number of halogens is 1. The molecule has 23 heavy (non-hydrogen) atoms. The van der Waals surface area contributed by atoms with Crippen LogP contribution in [0.2, 0.25) is 5.02 Å². The van der Waals surface area contributed by atoms with Gasteiger partial charge in [-0.05, 0) is 43.9 Å². The molecular formula is C17H27ClN2O3. The van der Waals surface area contributed by atoms with Crippen molar-refractivity contribution in [2.45, 2.75) is 45.4 Å². The van der Waals surface area contributed by atoms with Crippen LogP contribution in [-0.4, -0.2) is 36.9 Å². The number of methoxy groups -OCH3 is 1. The molecule has 0 saturated carbocycles. The van der Waals surface area contributed by atoms with Crippen LogP contribution in [-0.2, 0) is 4.74 Å². The number of carbonyl (C=O) groups excluding carboxylic acids is 1. The Bertz CT molecular complexity index is 479. The van der Waals surface area contributed by atoms with Crippen LogP contribution >= 0.6 is 11.6 Å². The molecule has 0 spiro atoms. The summed E-state index contributed by atoms with van der Waals surface area (Å²) in [5.74, 6) is 0.213. The molecule has 4 atom stereocenters. The minimum absolute atomic E-state index is 0.201. The number of hydrogen-bond acceptors (Lipinski definition) is 3. The van der Waals surface area contributed by atoms with Crippen molar-refractivity contribution in [3.8, 4) is 0 Å². The molecule has 0 aromatic heterocycles. The summed E-state index contributed by atoms with van der Waals surface area (Å²) in [6, 6.07) is 6.93. The largest absolute Gasteiger partial charge is 0.393 e. The molecule has 0 heterocycles. The molecular weight excluding hydrogens is 316 g/mol. The van der Waals surface area contributed by atoms with Crippen molar-refractivity contribution in [2.75, 3.05) is 13.7 Å². The third-order valence-electron chi connectivity index (χ3n) is 3.62. The number of amides is 2. The molecule has 5 nitrogen and oxygen atoms in total. The normalized spacial score (nSPS) is 16.3. The number of nitrogens with one attached hydrogen (secondary N) is 2. The zero-order valence-corrected chi connectivity index (χ0v) is 14.9. The molecule has 1 aromatic carbocycles. The van der Waals surface area contributed by atoms with Gasteiger partial charge in [-0.1, -0.05) is 30.7 Å². The Labute approximate surface area is 143 Å². The maximum absolute atomic E-state index is 12.0. The summed E-state index contributed by atoms with van der Waals surface area (Å²) in [6.07, 6.45) is 0.0332. The molecule has 0 radical (unpaired) electrons. The van der Waals surface area contributed by atoms with Crippen LogP contribution in [0, 0.1) is 5.92 Å². The average molecular weight is 343 g/mol. The Morgan fingerprint density at radius 2 is 1.87 bits per heavy atom. The number of hydrogen-bond donors (Lipinski definition) is 3. The number of carbonyl (C=O) groups is 1. The second-order valence-corrected chi connectivity index (χ2v) is 6.48. The van der Waals surface area contributed by atoms with Crippen LogP contribution in [0.4, 0.5) is 4.79 Å². The van der Waals surface area contributed by atoms with Crippen molar-refractivity contribution in [3.05, 3.63) is 34.9 Å². The van der Waals surface area contributed by atoms with Gasteiger partial charge in [0.05, 0.1) is 12.1 Å². The van der Waals surface area contributed by atoms with Crippen LogP contribution in [0.1, 0.15) is 38.9 Å². The highest BCUT2D eigenvalue weighted by Gasteiger charge is 2.20. The first-order valence-corrected chi connectivity index (χ1v) is 8.22. The van der Waals surface area contributed by atoms with Crippen LogP contribution in [0.5, 0.6) is 0 Å². The summed E-state index contributed by atoms with van der Waals surface area (Å²) >= 11 is 5.89. The number of benzene rings is 1. The third-order valence-corrected chi connectivity index (χ3v) is 3.87. The maximum Gasteiger partial charge on any atom is 0.315 e. The Balaban J connectivity index is 2.50. The average Bonchev–Trinajstić information content (AvgIpc) is 2.47. The van der Waals surface area contributed by atoms with E-state index in [0.717, 1.165) is 5.56 Å². The molecule has 3 N–H and O–H groups in total. The lowest BCUT2D eigenvalue weighted by molar-refractivity contribution is 0.0761. The lowest BCUT2D eigenvalue weighted by Crippen LogP contribution is -2.45.